The number of halogens is 6. The fraction of sp³-hybridized carbons (Fsp3) is 0.526. The van der Waals surface area contributed by atoms with Gasteiger partial charge in [0.1, 0.15) is 23.7 Å². The molecule has 0 fully saturated rings. The van der Waals surface area contributed by atoms with Crippen LogP contribution in [-0.4, -0.2) is 64.1 Å². The number of nitrogens with zero attached hydrogens (tertiary/aromatic N) is 1. The van der Waals surface area contributed by atoms with Gasteiger partial charge in [-0.15, -0.1) is 0 Å². The van der Waals surface area contributed by atoms with Crippen molar-refractivity contribution in [3.05, 3.63) is 24.0 Å². The number of ether oxygens (including phenoxy) is 1. The first-order valence-electron chi connectivity index (χ1n) is 9.64. The van der Waals surface area contributed by atoms with Crippen molar-refractivity contribution in [2.45, 2.75) is 56.5 Å². The van der Waals surface area contributed by atoms with E-state index in [4.69, 9.17) is 10.5 Å². The van der Waals surface area contributed by atoms with Crippen molar-refractivity contribution in [2.24, 2.45) is 5.73 Å². The van der Waals surface area contributed by atoms with Crippen LogP contribution in [-0.2, 0) is 14.4 Å². The van der Waals surface area contributed by atoms with Crippen molar-refractivity contribution in [3.8, 4) is 5.75 Å². The molecule has 1 aliphatic heterocycles. The van der Waals surface area contributed by atoms with Gasteiger partial charge in [-0.3, -0.25) is 14.4 Å². The number of rotatable bonds is 7. The van der Waals surface area contributed by atoms with Gasteiger partial charge < -0.3 is 25.8 Å². The van der Waals surface area contributed by atoms with Gasteiger partial charge in [0.2, 0.25) is 5.60 Å². The molecule has 0 saturated heterocycles. The number of benzene rings is 1. The normalized spacial score (nSPS) is 20.6. The Bertz CT molecular complexity index is 941. The highest BCUT2D eigenvalue weighted by molar-refractivity contribution is 6.09. The molecule has 0 radical (unpaired) electrons. The summed E-state index contributed by atoms with van der Waals surface area (Å²) in [4.78, 5) is 37.3. The minimum absolute atomic E-state index is 0.144. The van der Waals surface area contributed by atoms with Gasteiger partial charge in [-0.2, -0.15) is 22.0 Å². The van der Waals surface area contributed by atoms with Crippen molar-refractivity contribution in [2.75, 3.05) is 11.9 Å². The zero-order chi connectivity index (χ0) is 25.4. The Kier molecular flexibility index (Phi) is 7.21. The van der Waals surface area contributed by atoms with E-state index >= 15 is 0 Å². The first-order valence-corrected chi connectivity index (χ1v) is 9.64. The predicted octanol–water partition coefficient (Wildman–Crippen LogP) is 1.96. The van der Waals surface area contributed by atoms with Gasteiger partial charge in [-0.25, -0.2) is 4.39 Å². The molecule has 0 aromatic heterocycles. The van der Waals surface area contributed by atoms with Crippen LogP contribution in [0.3, 0.4) is 0 Å². The summed E-state index contributed by atoms with van der Waals surface area (Å²) >= 11 is 0. The smallest absolute Gasteiger partial charge is 0.455 e. The van der Waals surface area contributed by atoms with E-state index < -0.39 is 66.4 Å². The molecule has 0 aliphatic carbocycles. The number of hydrogen-bond donors (Lipinski definition) is 3. The van der Waals surface area contributed by atoms with Gasteiger partial charge >= 0.3 is 12.1 Å². The van der Waals surface area contributed by atoms with Crippen molar-refractivity contribution < 1.29 is 50.6 Å². The summed E-state index contributed by atoms with van der Waals surface area (Å²) in [6.07, 6.45) is -8.64. The van der Waals surface area contributed by atoms with Crippen molar-refractivity contribution in [1.29, 1.82) is 0 Å². The van der Waals surface area contributed by atoms with E-state index in [9.17, 15) is 45.8 Å². The number of carbonyl (C=O) groups is 3. The molecule has 0 spiro atoms. The summed E-state index contributed by atoms with van der Waals surface area (Å²) in [5, 5.41) is 12.5. The Labute approximate surface area is 183 Å². The summed E-state index contributed by atoms with van der Waals surface area (Å²) in [6, 6.07) is 0.661. The maximum Gasteiger partial charge on any atom is 0.455 e. The SMILES string of the molecule is CC[C@H]1Oc2ccc(F)cc2NC(=O)C1N(CC(F)(F)C(F)(F)F)C(=O)C(O)(CC)C(N)=O. The number of alkyl halides is 5. The molecule has 0 bridgehead atoms. The van der Waals surface area contributed by atoms with E-state index in [-0.39, 0.29) is 22.8 Å². The third-order valence-electron chi connectivity index (χ3n) is 5.15. The molecule has 14 heteroatoms. The third kappa shape index (κ3) is 4.99. The average Bonchev–Trinajstić information content (AvgIpc) is 2.84. The second kappa shape index (κ2) is 9.08. The zero-order valence-corrected chi connectivity index (χ0v) is 17.4. The molecule has 1 aromatic carbocycles. The average molecular weight is 485 g/mol. The van der Waals surface area contributed by atoms with E-state index in [0.29, 0.717) is 0 Å². The number of primary amides is 1. The van der Waals surface area contributed by atoms with Crippen LogP contribution < -0.4 is 15.8 Å². The quantitative estimate of drug-likeness (QED) is 0.403. The maximum atomic E-state index is 14.0. The number of fused-ring (bicyclic) bond motifs is 1. The molecule has 2 rings (SSSR count). The van der Waals surface area contributed by atoms with Crippen LogP contribution >= 0.6 is 0 Å². The minimum atomic E-state index is -6.14. The van der Waals surface area contributed by atoms with E-state index in [1.165, 1.54) is 6.92 Å². The van der Waals surface area contributed by atoms with Crippen molar-refractivity contribution in [3.63, 3.8) is 0 Å². The summed E-state index contributed by atoms with van der Waals surface area (Å²) in [6.45, 7) is 0.0139. The van der Waals surface area contributed by atoms with Crippen LogP contribution in [0.5, 0.6) is 5.75 Å². The number of hydrogen-bond acceptors (Lipinski definition) is 5. The van der Waals surface area contributed by atoms with Crippen molar-refractivity contribution in [1.82, 2.24) is 4.90 Å². The highest BCUT2D eigenvalue weighted by Crippen LogP contribution is 2.39. The fourth-order valence-electron chi connectivity index (χ4n) is 3.22. The summed E-state index contributed by atoms with van der Waals surface area (Å²) < 4.78 is 86.0. The molecule has 3 amide bonds. The highest BCUT2D eigenvalue weighted by Gasteiger charge is 2.61. The van der Waals surface area contributed by atoms with Gasteiger partial charge in [0.05, 0.1) is 12.2 Å². The maximum absolute atomic E-state index is 14.0. The molecular formula is C19H21F6N3O5. The van der Waals surface area contributed by atoms with Gasteiger partial charge in [0, 0.05) is 6.07 Å². The number of anilines is 1. The topological polar surface area (TPSA) is 122 Å². The number of amides is 3. The van der Waals surface area contributed by atoms with Crippen LogP contribution in [0.2, 0.25) is 0 Å². The third-order valence-corrected chi connectivity index (χ3v) is 5.15. The fourth-order valence-corrected chi connectivity index (χ4v) is 3.22. The molecule has 33 heavy (non-hydrogen) atoms. The minimum Gasteiger partial charge on any atom is -0.486 e. The second-order valence-electron chi connectivity index (χ2n) is 7.35. The summed E-state index contributed by atoms with van der Waals surface area (Å²) in [5.41, 5.74) is 1.54. The van der Waals surface area contributed by atoms with E-state index in [2.05, 4.69) is 5.32 Å². The molecule has 0 saturated carbocycles. The van der Waals surface area contributed by atoms with Crippen LogP contribution in [0.25, 0.3) is 0 Å². The molecule has 1 heterocycles. The number of nitrogens with one attached hydrogen (secondary N) is 1. The molecule has 2 unspecified atom stereocenters. The Hall–Kier alpha value is -3.03. The van der Waals surface area contributed by atoms with Gasteiger partial charge in [0.25, 0.3) is 17.7 Å². The van der Waals surface area contributed by atoms with Gasteiger partial charge in [0.15, 0.2) is 0 Å². The number of carbonyl (C=O) groups excluding carboxylic acids is 3. The molecule has 3 atom stereocenters. The molecule has 1 aliphatic rings. The van der Waals surface area contributed by atoms with Gasteiger partial charge in [-0.05, 0) is 25.0 Å². The molecule has 4 N–H and O–H groups in total. The Balaban J connectivity index is 2.64. The highest BCUT2D eigenvalue weighted by atomic mass is 19.4. The Morgan fingerprint density at radius 3 is 2.30 bits per heavy atom. The van der Waals surface area contributed by atoms with Crippen LogP contribution in [0, 0.1) is 5.82 Å². The van der Waals surface area contributed by atoms with E-state index in [0.717, 1.165) is 25.1 Å². The van der Waals surface area contributed by atoms with E-state index in [1.807, 2.05) is 0 Å². The van der Waals surface area contributed by atoms with E-state index in [1.54, 1.807) is 0 Å². The monoisotopic (exact) mass is 485 g/mol. The number of aliphatic hydroxyl groups is 1. The lowest BCUT2D eigenvalue weighted by Gasteiger charge is -2.39. The summed E-state index contributed by atoms with van der Waals surface area (Å²) in [5.74, 6) is -11.5. The first-order chi connectivity index (χ1) is 15.1. The van der Waals surface area contributed by atoms with Crippen LogP contribution in [0.1, 0.15) is 26.7 Å². The molecule has 8 nitrogen and oxygen atoms in total. The standard InChI is InChI=1S/C19H21F6N3O5/c1-3-11-13(14(29)27-10-7-9(20)5-6-12(10)33-11)28(8-18(21,22)19(23,24)25)16(31)17(32,4-2)15(26)30/h5-7,11,13,32H,3-4,8H2,1-2H3,(H2,26,30)(H,27,29)/t11-,13?,17?/m1/s1. The molecular weight excluding hydrogens is 464 g/mol. The lowest BCUT2D eigenvalue weighted by molar-refractivity contribution is -0.287. The zero-order valence-electron chi connectivity index (χ0n) is 17.4. The molecule has 1 aromatic rings. The predicted molar refractivity (Wildman–Crippen MR) is 101 cm³/mol. The second-order valence-corrected chi connectivity index (χ2v) is 7.35. The van der Waals surface area contributed by atoms with Crippen molar-refractivity contribution >= 4 is 23.4 Å². The lowest BCUT2D eigenvalue weighted by atomic mass is 9.95. The Morgan fingerprint density at radius 2 is 1.82 bits per heavy atom. The largest absolute Gasteiger partial charge is 0.486 e. The Morgan fingerprint density at radius 1 is 1.21 bits per heavy atom. The van der Waals surface area contributed by atoms with Gasteiger partial charge in [-0.1, -0.05) is 13.8 Å². The number of nitrogens with two attached hydrogens (primary N) is 1. The van der Waals surface area contributed by atoms with Crippen LogP contribution in [0.15, 0.2) is 18.2 Å². The lowest BCUT2D eigenvalue weighted by Crippen LogP contribution is -2.66. The molecule has 184 valence electrons. The first kappa shape index (κ1) is 26.2. The summed E-state index contributed by atoms with van der Waals surface area (Å²) in [7, 11) is 0. The van der Waals surface area contributed by atoms with Crippen LogP contribution in [0.4, 0.5) is 32.0 Å².